The summed E-state index contributed by atoms with van der Waals surface area (Å²) in [6.45, 7) is 8.48. The van der Waals surface area contributed by atoms with Crippen molar-refractivity contribution in [2.24, 2.45) is 7.05 Å². The summed E-state index contributed by atoms with van der Waals surface area (Å²) in [6.07, 6.45) is 2.00. The van der Waals surface area contributed by atoms with E-state index < -0.39 is 0 Å². The maximum absolute atomic E-state index is 12.8. The smallest absolute Gasteiger partial charge is 0.255 e. The van der Waals surface area contributed by atoms with Gasteiger partial charge in [0, 0.05) is 70.7 Å². The summed E-state index contributed by atoms with van der Waals surface area (Å²) in [5.41, 5.74) is 2.87. The SMILES string of the molecule is CC1CN(CCN2CCN(c3noc4ccccc34)CC2)C(=O)c2ccn(C)c21. The molecule has 1 saturated heterocycles. The third-order valence-corrected chi connectivity index (χ3v) is 6.32. The molecular formula is C22H27N5O2. The first-order chi connectivity index (χ1) is 14.1. The van der Waals surface area contributed by atoms with Crippen LogP contribution in [0.2, 0.25) is 0 Å². The first kappa shape index (κ1) is 18.2. The Morgan fingerprint density at radius 1 is 1.10 bits per heavy atom. The maximum Gasteiger partial charge on any atom is 0.255 e. The standard InChI is InChI=1S/C22H27N5O2/c1-16-15-27(22(28)18-7-8-24(2)20(16)18)14-11-25-9-12-26(13-10-25)21-17-5-3-4-6-19(17)29-23-21/h3-8,16H,9-15H2,1-2H3. The van der Waals surface area contributed by atoms with Gasteiger partial charge in [-0.2, -0.15) is 0 Å². The van der Waals surface area contributed by atoms with Crippen molar-refractivity contribution in [2.45, 2.75) is 12.8 Å². The van der Waals surface area contributed by atoms with Gasteiger partial charge in [-0.25, -0.2) is 0 Å². The van der Waals surface area contributed by atoms with Crippen LogP contribution in [0, 0.1) is 0 Å². The van der Waals surface area contributed by atoms with Gasteiger partial charge in [0.25, 0.3) is 5.91 Å². The molecule has 4 heterocycles. The molecule has 0 N–H and O–H groups in total. The number of benzene rings is 1. The van der Waals surface area contributed by atoms with Crippen LogP contribution in [0.1, 0.15) is 28.9 Å². The molecule has 7 heteroatoms. The number of anilines is 1. The van der Waals surface area contributed by atoms with Gasteiger partial charge in [-0.15, -0.1) is 0 Å². The first-order valence-electron chi connectivity index (χ1n) is 10.4. The van der Waals surface area contributed by atoms with Crippen molar-refractivity contribution in [3.63, 3.8) is 0 Å². The minimum atomic E-state index is 0.173. The Morgan fingerprint density at radius 3 is 2.72 bits per heavy atom. The zero-order chi connectivity index (χ0) is 20.0. The predicted molar refractivity (Wildman–Crippen MR) is 112 cm³/mol. The van der Waals surface area contributed by atoms with E-state index in [1.54, 1.807) is 0 Å². The van der Waals surface area contributed by atoms with Crippen molar-refractivity contribution < 1.29 is 9.32 Å². The topological polar surface area (TPSA) is 57.8 Å². The second-order valence-corrected chi connectivity index (χ2v) is 8.21. The molecule has 1 atom stereocenters. The highest BCUT2D eigenvalue weighted by Gasteiger charge is 2.31. The average Bonchev–Trinajstić information content (AvgIpc) is 3.34. The molecule has 5 rings (SSSR count). The van der Waals surface area contributed by atoms with E-state index in [1.807, 2.05) is 42.4 Å². The van der Waals surface area contributed by atoms with Gasteiger partial charge in [0.05, 0.1) is 10.9 Å². The Bertz CT molecular complexity index is 1030. The largest absolute Gasteiger partial charge is 0.354 e. The molecule has 0 saturated carbocycles. The second-order valence-electron chi connectivity index (χ2n) is 8.21. The summed E-state index contributed by atoms with van der Waals surface area (Å²) in [6, 6.07) is 9.97. The van der Waals surface area contributed by atoms with Crippen LogP contribution in [0.5, 0.6) is 0 Å². The monoisotopic (exact) mass is 393 g/mol. The van der Waals surface area contributed by atoms with E-state index in [-0.39, 0.29) is 5.91 Å². The van der Waals surface area contributed by atoms with Crippen LogP contribution in [0.15, 0.2) is 41.1 Å². The van der Waals surface area contributed by atoms with E-state index in [0.29, 0.717) is 5.92 Å². The quantitative estimate of drug-likeness (QED) is 0.682. The lowest BCUT2D eigenvalue weighted by Gasteiger charge is -2.37. The third-order valence-electron chi connectivity index (χ3n) is 6.32. The molecule has 7 nitrogen and oxygen atoms in total. The van der Waals surface area contributed by atoms with Gasteiger partial charge in [0.2, 0.25) is 0 Å². The van der Waals surface area contributed by atoms with Crippen molar-refractivity contribution in [2.75, 3.05) is 50.7 Å². The minimum Gasteiger partial charge on any atom is -0.354 e. The number of hydrogen-bond acceptors (Lipinski definition) is 5. The summed E-state index contributed by atoms with van der Waals surface area (Å²) in [4.78, 5) is 19.6. The molecule has 0 aliphatic carbocycles. The number of hydrogen-bond donors (Lipinski definition) is 0. The summed E-state index contributed by atoms with van der Waals surface area (Å²) >= 11 is 0. The number of piperazine rings is 1. The zero-order valence-corrected chi connectivity index (χ0v) is 17.0. The Kier molecular flexibility index (Phi) is 4.54. The number of carbonyl (C=O) groups is 1. The number of rotatable bonds is 4. The molecule has 1 fully saturated rings. The van der Waals surface area contributed by atoms with Gasteiger partial charge in [-0.1, -0.05) is 24.2 Å². The minimum absolute atomic E-state index is 0.173. The fourth-order valence-electron chi connectivity index (χ4n) is 4.75. The van der Waals surface area contributed by atoms with E-state index in [1.165, 1.54) is 5.69 Å². The van der Waals surface area contributed by atoms with Crippen molar-refractivity contribution in [1.29, 1.82) is 0 Å². The fraction of sp³-hybridized carbons (Fsp3) is 0.455. The number of nitrogens with zero attached hydrogens (tertiary/aromatic N) is 5. The number of para-hydroxylation sites is 1. The van der Waals surface area contributed by atoms with E-state index in [4.69, 9.17) is 4.52 Å². The summed E-state index contributed by atoms with van der Waals surface area (Å²) in [5.74, 6) is 1.49. The van der Waals surface area contributed by atoms with Gasteiger partial charge in [0.15, 0.2) is 11.4 Å². The van der Waals surface area contributed by atoms with Gasteiger partial charge < -0.3 is 18.9 Å². The molecule has 2 aromatic heterocycles. The third kappa shape index (κ3) is 3.19. The molecule has 1 amide bonds. The van der Waals surface area contributed by atoms with Gasteiger partial charge in [-0.05, 0) is 18.2 Å². The summed E-state index contributed by atoms with van der Waals surface area (Å²) in [5, 5.41) is 5.36. The van der Waals surface area contributed by atoms with E-state index in [2.05, 4.69) is 32.5 Å². The molecule has 0 bridgehead atoms. The fourth-order valence-corrected chi connectivity index (χ4v) is 4.75. The van der Waals surface area contributed by atoms with Crippen LogP contribution < -0.4 is 4.90 Å². The molecule has 0 radical (unpaired) electrons. The number of fused-ring (bicyclic) bond motifs is 2. The molecule has 1 aromatic carbocycles. The summed E-state index contributed by atoms with van der Waals surface area (Å²) < 4.78 is 7.54. The van der Waals surface area contributed by atoms with E-state index in [0.717, 1.165) is 68.2 Å². The van der Waals surface area contributed by atoms with Gasteiger partial charge in [0.1, 0.15) is 0 Å². The molecule has 3 aromatic rings. The van der Waals surface area contributed by atoms with Crippen molar-refractivity contribution in [3.8, 4) is 0 Å². The Morgan fingerprint density at radius 2 is 1.90 bits per heavy atom. The Hall–Kier alpha value is -2.80. The average molecular weight is 393 g/mol. The lowest BCUT2D eigenvalue weighted by Crippen LogP contribution is -2.50. The van der Waals surface area contributed by atoms with Crippen LogP contribution in [0.25, 0.3) is 11.0 Å². The first-order valence-corrected chi connectivity index (χ1v) is 10.4. The number of aromatic nitrogens is 2. The second kappa shape index (κ2) is 7.22. The molecule has 2 aliphatic rings. The van der Waals surface area contributed by atoms with Crippen LogP contribution in [0.4, 0.5) is 5.82 Å². The normalized spacial score (nSPS) is 20.5. The Balaban J connectivity index is 1.18. The zero-order valence-electron chi connectivity index (χ0n) is 17.0. The predicted octanol–water partition coefficient (Wildman–Crippen LogP) is 2.55. The van der Waals surface area contributed by atoms with Crippen LogP contribution in [0.3, 0.4) is 0 Å². The molecule has 0 spiro atoms. The molecule has 2 aliphatic heterocycles. The van der Waals surface area contributed by atoms with Crippen LogP contribution in [-0.4, -0.2) is 71.2 Å². The highest BCUT2D eigenvalue weighted by molar-refractivity contribution is 5.97. The highest BCUT2D eigenvalue weighted by atomic mass is 16.5. The lowest BCUT2D eigenvalue weighted by atomic mass is 9.97. The molecule has 152 valence electrons. The van der Waals surface area contributed by atoms with Gasteiger partial charge in [-0.3, -0.25) is 9.69 Å². The molecule has 1 unspecified atom stereocenters. The van der Waals surface area contributed by atoms with E-state index in [9.17, 15) is 4.79 Å². The molecular weight excluding hydrogens is 366 g/mol. The Labute approximate surface area is 170 Å². The van der Waals surface area contributed by atoms with Gasteiger partial charge >= 0.3 is 0 Å². The van der Waals surface area contributed by atoms with Crippen molar-refractivity contribution in [1.82, 2.24) is 19.5 Å². The molecule has 29 heavy (non-hydrogen) atoms. The number of amides is 1. The van der Waals surface area contributed by atoms with Crippen LogP contribution >= 0.6 is 0 Å². The number of aryl methyl sites for hydroxylation is 1. The van der Waals surface area contributed by atoms with Crippen molar-refractivity contribution in [3.05, 3.63) is 47.8 Å². The van der Waals surface area contributed by atoms with Crippen molar-refractivity contribution >= 4 is 22.7 Å². The number of carbonyl (C=O) groups excluding carboxylic acids is 1. The summed E-state index contributed by atoms with van der Waals surface area (Å²) in [7, 11) is 2.02. The van der Waals surface area contributed by atoms with Crippen LogP contribution in [-0.2, 0) is 7.05 Å². The van der Waals surface area contributed by atoms with E-state index >= 15 is 0 Å². The highest BCUT2D eigenvalue weighted by Crippen LogP contribution is 2.29. The lowest BCUT2D eigenvalue weighted by molar-refractivity contribution is 0.0698. The maximum atomic E-state index is 12.8.